The fourth-order valence-electron chi connectivity index (χ4n) is 1.68. The Labute approximate surface area is 94.6 Å². The predicted octanol–water partition coefficient (Wildman–Crippen LogP) is 1.61. The maximum Gasteiger partial charge on any atom is 0.130 e. The number of anilines is 1. The smallest absolute Gasteiger partial charge is 0.130 e. The summed E-state index contributed by atoms with van der Waals surface area (Å²) in [4.78, 5) is 12.6. The van der Waals surface area contributed by atoms with Gasteiger partial charge in [0.25, 0.3) is 0 Å². The highest BCUT2D eigenvalue weighted by atomic mass is 14.9. The van der Waals surface area contributed by atoms with E-state index in [1.807, 2.05) is 18.2 Å². The predicted molar refractivity (Wildman–Crippen MR) is 62.9 cm³/mol. The number of nitrogens with zero attached hydrogens (tertiary/aromatic N) is 3. The van der Waals surface area contributed by atoms with Gasteiger partial charge >= 0.3 is 0 Å². The highest BCUT2D eigenvalue weighted by molar-refractivity contribution is 5.42. The van der Waals surface area contributed by atoms with Crippen LogP contribution in [-0.2, 0) is 12.8 Å². The van der Waals surface area contributed by atoms with Crippen LogP contribution in [0.5, 0.6) is 0 Å². The lowest BCUT2D eigenvalue weighted by atomic mass is 10.1. The highest BCUT2D eigenvalue weighted by Crippen LogP contribution is 2.15. The minimum absolute atomic E-state index is 0.573. The average Bonchev–Trinajstić information content (AvgIpc) is 2.31. The van der Waals surface area contributed by atoms with E-state index in [2.05, 4.69) is 21.9 Å². The third-order valence-electron chi connectivity index (χ3n) is 2.50. The number of pyridine rings is 1. The monoisotopic (exact) mass is 214 g/mol. The van der Waals surface area contributed by atoms with Crippen LogP contribution in [0.3, 0.4) is 0 Å². The Kier molecular flexibility index (Phi) is 3.10. The van der Waals surface area contributed by atoms with Crippen LogP contribution < -0.4 is 5.73 Å². The summed E-state index contributed by atoms with van der Waals surface area (Å²) in [6.45, 7) is 2.05. The molecule has 0 amide bonds. The van der Waals surface area contributed by atoms with Crippen LogP contribution in [0.1, 0.15) is 23.9 Å². The summed E-state index contributed by atoms with van der Waals surface area (Å²) >= 11 is 0. The van der Waals surface area contributed by atoms with Crippen LogP contribution in [0.2, 0.25) is 0 Å². The van der Waals surface area contributed by atoms with Crippen molar-refractivity contribution in [2.24, 2.45) is 0 Å². The van der Waals surface area contributed by atoms with Gasteiger partial charge in [-0.2, -0.15) is 0 Å². The second-order valence-electron chi connectivity index (χ2n) is 3.54. The first kappa shape index (κ1) is 10.5. The molecule has 0 aliphatic carbocycles. The summed E-state index contributed by atoms with van der Waals surface area (Å²) in [6, 6.07) is 5.86. The highest BCUT2D eigenvalue weighted by Gasteiger charge is 2.08. The number of nitrogen functional groups attached to an aromatic ring is 1. The van der Waals surface area contributed by atoms with Gasteiger partial charge in [0.2, 0.25) is 0 Å². The van der Waals surface area contributed by atoms with Crippen LogP contribution in [0.15, 0.2) is 30.7 Å². The van der Waals surface area contributed by atoms with E-state index < -0.39 is 0 Å². The molecule has 2 aromatic rings. The maximum atomic E-state index is 5.81. The summed E-state index contributed by atoms with van der Waals surface area (Å²) < 4.78 is 0. The largest absolute Gasteiger partial charge is 0.383 e. The van der Waals surface area contributed by atoms with Crippen LogP contribution in [0, 0.1) is 0 Å². The van der Waals surface area contributed by atoms with Gasteiger partial charge in [-0.05, 0) is 18.6 Å². The van der Waals surface area contributed by atoms with Crippen molar-refractivity contribution in [3.8, 4) is 0 Å². The van der Waals surface area contributed by atoms with Gasteiger partial charge in [0.1, 0.15) is 12.1 Å². The number of rotatable bonds is 3. The van der Waals surface area contributed by atoms with E-state index in [4.69, 9.17) is 5.73 Å². The van der Waals surface area contributed by atoms with Gasteiger partial charge in [-0.3, -0.25) is 4.98 Å². The fourth-order valence-corrected chi connectivity index (χ4v) is 1.68. The van der Waals surface area contributed by atoms with Crippen LogP contribution in [0.25, 0.3) is 0 Å². The normalized spacial score (nSPS) is 10.3. The number of nitrogens with two attached hydrogens (primary N) is 1. The Morgan fingerprint density at radius 2 is 2.06 bits per heavy atom. The molecule has 0 saturated carbocycles. The molecule has 4 nitrogen and oxygen atoms in total. The topological polar surface area (TPSA) is 64.7 Å². The maximum absolute atomic E-state index is 5.81. The molecule has 16 heavy (non-hydrogen) atoms. The van der Waals surface area contributed by atoms with Gasteiger partial charge < -0.3 is 5.73 Å². The first-order valence-corrected chi connectivity index (χ1v) is 5.29. The van der Waals surface area contributed by atoms with E-state index in [1.54, 1.807) is 6.20 Å². The van der Waals surface area contributed by atoms with Crippen molar-refractivity contribution in [1.82, 2.24) is 15.0 Å². The standard InChI is InChI=1S/C12H14N4/c1-2-10-11(15-8-16-12(10)13)7-9-5-3-4-6-14-9/h3-6,8H,2,7H2,1H3,(H2,13,15,16). The molecule has 0 aliphatic heterocycles. The van der Waals surface area contributed by atoms with Gasteiger partial charge in [-0.25, -0.2) is 9.97 Å². The van der Waals surface area contributed by atoms with Crippen molar-refractivity contribution in [1.29, 1.82) is 0 Å². The second-order valence-corrected chi connectivity index (χ2v) is 3.54. The summed E-state index contributed by atoms with van der Waals surface area (Å²) in [5.41, 5.74) is 8.80. The Balaban J connectivity index is 2.31. The van der Waals surface area contributed by atoms with Crippen LogP contribution in [-0.4, -0.2) is 15.0 Å². The summed E-state index contributed by atoms with van der Waals surface area (Å²) in [5, 5.41) is 0. The van der Waals surface area contributed by atoms with Gasteiger partial charge in [0, 0.05) is 23.9 Å². The molecule has 0 spiro atoms. The SMILES string of the molecule is CCc1c(N)ncnc1Cc1ccccn1. The molecule has 0 bridgehead atoms. The van der Waals surface area contributed by atoms with E-state index in [0.717, 1.165) is 23.4 Å². The van der Waals surface area contributed by atoms with E-state index >= 15 is 0 Å². The van der Waals surface area contributed by atoms with Gasteiger partial charge in [0.05, 0.1) is 5.69 Å². The van der Waals surface area contributed by atoms with Gasteiger partial charge in [0.15, 0.2) is 0 Å². The van der Waals surface area contributed by atoms with Gasteiger partial charge in [-0.15, -0.1) is 0 Å². The first-order valence-electron chi connectivity index (χ1n) is 5.29. The average molecular weight is 214 g/mol. The zero-order valence-electron chi connectivity index (χ0n) is 9.22. The fraction of sp³-hybridized carbons (Fsp3) is 0.250. The van der Waals surface area contributed by atoms with E-state index in [0.29, 0.717) is 12.2 Å². The number of hydrogen-bond acceptors (Lipinski definition) is 4. The van der Waals surface area contributed by atoms with Crippen LogP contribution in [0.4, 0.5) is 5.82 Å². The molecule has 0 saturated heterocycles. The molecule has 2 aromatic heterocycles. The molecular weight excluding hydrogens is 200 g/mol. The molecule has 0 atom stereocenters. The van der Waals surface area contributed by atoms with Crippen molar-refractivity contribution in [3.63, 3.8) is 0 Å². The molecule has 0 fully saturated rings. The molecular formula is C12H14N4. The molecule has 4 heteroatoms. The minimum atomic E-state index is 0.573. The molecule has 0 unspecified atom stereocenters. The lowest BCUT2D eigenvalue weighted by Crippen LogP contribution is -2.05. The van der Waals surface area contributed by atoms with Crippen molar-refractivity contribution >= 4 is 5.82 Å². The molecule has 82 valence electrons. The first-order chi connectivity index (χ1) is 7.81. The van der Waals surface area contributed by atoms with E-state index in [1.165, 1.54) is 6.33 Å². The lowest BCUT2D eigenvalue weighted by Gasteiger charge is -2.07. The Bertz CT molecular complexity index is 468. The summed E-state index contributed by atoms with van der Waals surface area (Å²) in [6.07, 6.45) is 4.84. The van der Waals surface area contributed by atoms with Crippen molar-refractivity contribution in [2.75, 3.05) is 5.73 Å². The third-order valence-corrected chi connectivity index (χ3v) is 2.50. The number of hydrogen-bond donors (Lipinski definition) is 1. The Morgan fingerprint density at radius 3 is 2.75 bits per heavy atom. The third kappa shape index (κ3) is 2.16. The molecule has 2 heterocycles. The minimum Gasteiger partial charge on any atom is -0.383 e. The Morgan fingerprint density at radius 1 is 1.19 bits per heavy atom. The molecule has 0 aliphatic rings. The van der Waals surface area contributed by atoms with Gasteiger partial charge in [-0.1, -0.05) is 13.0 Å². The van der Waals surface area contributed by atoms with E-state index in [9.17, 15) is 0 Å². The molecule has 0 radical (unpaired) electrons. The van der Waals surface area contributed by atoms with Crippen molar-refractivity contribution in [2.45, 2.75) is 19.8 Å². The second kappa shape index (κ2) is 4.70. The molecule has 2 N–H and O–H groups in total. The zero-order chi connectivity index (χ0) is 11.4. The Hall–Kier alpha value is -1.97. The number of aromatic nitrogens is 3. The van der Waals surface area contributed by atoms with Crippen molar-refractivity contribution < 1.29 is 0 Å². The summed E-state index contributed by atoms with van der Waals surface area (Å²) in [7, 11) is 0. The lowest BCUT2D eigenvalue weighted by molar-refractivity contribution is 0.934. The molecule has 0 aromatic carbocycles. The van der Waals surface area contributed by atoms with E-state index in [-0.39, 0.29) is 0 Å². The summed E-state index contributed by atoms with van der Waals surface area (Å²) in [5.74, 6) is 0.573. The quantitative estimate of drug-likeness (QED) is 0.843. The van der Waals surface area contributed by atoms with Crippen LogP contribution >= 0.6 is 0 Å². The van der Waals surface area contributed by atoms with Crippen molar-refractivity contribution in [3.05, 3.63) is 47.7 Å². The zero-order valence-corrected chi connectivity index (χ0v) is 9.22. The molecule has 2 rings (SSSR count).